The van der Waals surface area contributed by atoms with E-state index in [4.69, 9.17) is 11.6 Å². The topological polar surface area (TPSA) is 88.8 Å². The minimum absolute atomic E-state index is 0.0558. The number of halogens is 1. The van der Waals surface area contributed by atoms with E-state index in [1.165, 1.54) is 5.01 Å². The van der Waals surface area contributed by atoms with E-state index in [9.17, 15) is 14.4 Å². The summed E-state index contributed by atoms with van der Waals surface area (Å²) in [6.07, 6.45) is 2.26. The summed E-state index contributed by atoms with van der Waals surface area (Å²) >= 11 is 6.43. The number of fused-ring (bicyclic) bond motifs is 4. The second-order valence-corrected chi connectivity index (χ2v) is 9.61. The van der Waals surface area contributed by atoms with E-state index in [-0.39, 0.29) is 41.6 Å². The molecule has 1 saturated carbocycles. The van der Waals surface area contributed by atoms with Gasteiger partial charge in [-0.1, -0.05) is 25.1 Å². The maximum absolute atomic E-state index is 13.5. The number of alkyl halides is 1. The number of ketones is 1. The number of carbonyl (C=O) groups excluding carboxylic acids is 3. The third-order valence-corrected chi connectivity index (χ3v) is 7.33. The molecule has 3 fully saturated rings. The first-order valence-electron chi connectivity index (χ1n) is 11.3. The highest BCUT2D eigenvalue weighted by molar-refractivity contribution is 6.20. The molecule has 170 valence electrons. The summed E-state index contributed by atoms with van der Waals surface area (Å²) in [5.74, 6) is -0.308. The molecule has 0 spiro atoms. The van der Waals surface area contributed by atoms with Crippen molar-refractivity contribution in [3.8, 4) is 0 Å². The summed E-state index contributed by atoms with van der Waals surface area (Å²) in [7, 11) is 0. The van der Waals surface area contributed by atoms with Gasteiger partial charge in [0.05, 0.1) is 5.92 Å². The molecule has 0 radical (unpaired) electrons. The first kappa shape index (κ1) is 21.3. The van der Waals surface area contributed by atoms with Crippen LogP contribution in [-0.2, 0) is 4.79 Å². The number of urea groups is 1. The summed E-state index contributed by atoms with van der Waals surface area (Å²) in [5, 5.41) is 2.16. The molecule has 8 nitrogen and oxygen atoms in total. The number of benzene rings is 1. The van der Waals surface area contributed by atoms with Gasteiger partial charge in [0, 0.05) is 40.1 Å². The van der Waals surface area contributed by atoms with Crippen LogP contribution >= 0.6 is 11.6 Å². The Hall–Kier alpha value is -2.58. The SMILES string of the molecule is CCCN1C(=O)C2CCC(Cl)CC2N2C(=O)N(CC(=O)c3c(C)[nH]c4ccccc34)NC12. The number of hydrogen-bond acceptors (Lipinski definition) is 4. The fourth-order valence-corrected chi connectivity index (χ4v) is 5.82. The van der Waals surface area contributed by atoms with E-state index in [1.807, 2.05) is 38.1 Å². The highest BCUT2D eigenvalue weighted by atomic mass is 35.5. The van der Waals surface area contributed by atoms with Crippen LogP contribution in [0.25, 0.3) is 10.9 Å². The fourth-order valence-electron chi connectivity index (χ4n) is 5.52. The van der Waals surface area contributed by atoms with E-state index in [2.05, 4.69) is 10.4 Å². The maximum atomic E-state index is 13.5. The first-order valence-corrected chi connectivity index (χ1v) is 11.8. The molecule has 2 aromatic rings. The zero-order valence-electron chi connectivity index (χ0n) is 18.3. The van der Waals surface area contributed by atoms with E-state index in [1.54, 1.807) is 9.80 Å². The van der Waals surface area contributed by atoms with Gasteiger partial charge >= 0.3 is 6.03 Å². The number of aryl methyl sites for hydroxylation is 1. The Morgan fingerprint density at radius 2 is 2.00 bits per heavy atom. The van der Waals surface area contributed by atoms with E-state index in [0.717, 1.165) is 29.4 Å². The number of carbonyl (C=O) groups is 3. The van der Waals surface area contributed by atoms with Crippen LogP contribution in [0.5, 0.6) is 0 Å². The van der Waals surface area contributed by atoms with Gasteiger partial charge in [0.25, 0.3) is 0 Å². The molecule has 9 heteroatoms. The van der Waals surface area contributed by atoms with Crippen LogP contribution < -0.4 is 5.43 Å². The zero-order valence-corrected chi connectivity index (χ0v) is 19.1. The van der Waals surface area contributed by atoms with Crippen LogP contribution in [0.1, 0.15) is 48.7 Å². The van der Waals surface area contributed by atoms with Gasteiger partial charge in [-0.25, -0.2) is 9.80 Å². The zero-order chi connectivity index (χ0) is 22.6. The smallest absolute Gasteiger partial charge is 0.337 e. The number of hydrogen-bond donors (Lipinski definition) is 2. The quantitative estimate of drug-likeness (QED) is 0.533. The molecule has 4 atom stereocenters. The molecule has 32 heavy (non-hydrogen) atoms. The van der Waals surface area contributed by atoms with Crippen LogP contribution in [0.2, 0.25) is 0 Å². The van der Waals surface area contributed by atoms with Crippen LogP contribution in [-0.4, -0.2) is 68.3 Å². The van der Waals surface area contributed by atoms with E-state index < -0.39 is 6.29 Å². The average Bonchev–Trinajstić information content (AvgIpc) is 3.27. The molecule has 2 aliphatic heterocycles. The highest BCUT2D eigenvalue weighted by Gasteiger charge is 2.55. The van der Waals surface area contributed by atoms with Crippen molar-refractivity contribution in [2.75, 3.05) is 13.1 Å². The highest BCUT2D eigenvalue weighted by Crippen LogP contribution is 2.39. The molecule has 2 saturated heterocycles. The van der Waals surface area contributed by atoms with Gasteiger partial charge < -0.3 is 9.88 Å². The predicted octanol–water partition coefficient (Wildman–Crippen LogP) is 3.21. The van der Waals surface area contributed by atoms with E-state index >= 15 is 0 Å². The van der Waals surface area contributed by atoms with Crippen molar-refractivity contribution in [3.05, 3.63) is 35.5 Å². The molecule has 5 rings (SSSR count). The van der Waals surface area contributed by atoms with Crippen molar-refractivity contribution in [1.82, 2.24) is 25.2 Å². The molecular formula is C23H28ClN5O3. The van der Waals surface area contributed by atoms with E-state index in [0.29, 0.717) is 24.9 Å². The Bertz CT molecular complexity index is 1080. The molecule has 3 amide bonds. The number of Topliss-reactive ketones (excluding diaryl/α,β-unsaturated/α-hetero) is 1. The Labute approximate surface area is 191 Å². The van der Waals surface area contributed by atoms with Crippen LogP contribution in [0.3, 0.4) is 0 Å². The third-order valence-electron chi connectivity index (χ3n) is 6.93. The number of nitrogens with zero attached hydrogens (tertiary/aromatic N) is 3. The first-order chi connectivity index (χ1) is 15.4. The van der Waals surface area contributed by atoms with Gasteiger partial charge in [-0.3, -0.25) is 14.5 Å². The standard InChI is InChI=1S/C23H28ClN5O3/c1-3-10-27-21(31)16-9-8-14(24)11-18(16)29-22(27)26-28(23(29)32)12-19(30)20-13(2)25-17-7-5-4-6-15(17)20/h4-7,14,16,18,22,25-26H,3,8-12H2,1-2H3. The van der Waals surface area contributed by atoms with Gasteiger partial charge in [-0.2, -0.15) is 5.43 Å². The molecule has 0 bridgehead atoms. The number of rotatable bonds is 5. The Morgan fingerprint density at radius 1 is 1.22 bits per heavy atom. The van der Waals surface area contributed by atoms with Crippen molar-refractivity contribution in [1.29, 1.82) is 0 Å². The monoisotopic (exact) mass is 457 g/mol. The lowest BCUT2D eigenvalue weighted by Crippen LogP contribution is -2.67. The second kappa shape index (κ2) is 8.08. The van der Waals surface area contributed by atoms with Crippen molar-refractivity contribution >= 4 is 40.2 Å². The lowest BCUT2D eigenvalue weighted by atomic mass is 9.80. The van der Waals surface area contributed by atoms with Crippen LogP contribution in [0, 0.1) is 12.8 Å². The van der Waals surface area contributed by atoms with Crippen molar-refractivity contribution in [2.24, 2.45) is 5.92 Å². The molecule has 1 aromatic heterocycles. The Kier molecular flexibility index (Phi) is 5.37. The molecule has 4 unspecified atom stereocenters. The number of nitrogens with one attached hydrogen (secondary N) is 2. The minimum atomic E-state index is -0.574. The fraction of sp³-hybridized carbons (Fsp3) is 0.522. The summed E-state index contributed by atoms with van der Waals surface area (Å²) in [6, 6.07) is 7.13. The Morgan fingerprint density at radius 3 is 2.78 bits per heavy atom. The van der Waals surface area contributed by atoms with Gasteiger partial charge in [0.2, 0.25) is 5.91 Å². The maximum Gasteiger partial charge on any atom is 0.337 e. The Balaban J connectivity index is 1.43. The van der Waals surface area contributed by atoms with Gasteiger partial charge in [0.1, 0.15) is 6.54 Å². The van der Waals surface area contributed by atoms with Crippen molar-refractivity contribution in [3.63, 3.8) is 0 Å². The molecular weight excluding hydrogens is 430 g/mol. The van der Waals surface area contributed by atoms with Crippen molar-refractivity contribution < 1.29 is 14.4 Å². The molecule has 3 heterocycles. The van der Waals surface area contributed by atoms with Gasteiger partial charge in [-0.15, -0.1) is 11.6 Å². The second-order valence-electron chi connectivity index (χ2n) is 8.99. The number of hydrazine groups is 1. The number of aromatic amines is 1. The lowest BCUT2D eigenvalue weighted by Gasteiger charge is -2.49. The molecule has 1 aliphatic carbocycles. The van der Waals surface area contributed by atoms with Crippen LogP contribution in [0.15, 0.2) is 24.3 Å². The third kappa shape index (κ3) is 3.28. The van der Waals surface area contributed by atoms with Gasteiger partial charge in [0.15, 0.2) is 12.1 Å². The average molecular weight is 458 g/mol. The summed E-state index contributed by atoms with van der Waals surface area (Å²) in [5.41, 5.74) is 5.42. The summed E-state index contributed by atoms with van der Waals surface area (Å²) < 4.78 is 0. The molecule has 1 aromatic carbocycles. The molecule has 2 N–H and O–H groups in total. The molecule has 3 aliphatic rings. The number of aromatic nitrogens is 1. The van der Waals surface area contributed by atoms with Gasteiger partial charge in [-0.05, 0) is 38.7 Å². The lowest BCUT2D eigenvalue weighted by molar-refractivity contribution is -0.155. The number of H-pyrrole nitrogens is 1. The summed E-state index contributed by atoms with van der Waals surface area (Å²) in [4.78, 5) is 46.7. The largest absolute Gasteiger partial charge is 0.358 e. The van der Waals surface area contributed by atoms with Crippen LogP contribution in [0.4, 0.5) is 4.79 Å². The minimum Gasteiger partial charge on any atom is -0.358 e. The summed E-state index contributed by atoms with van der Waals surface area (Å²) in [6.45, 7) is 4.32. The predicted molar refractivity (Wildman–Crippen MR) is 121 cm³/mol. The normalized spacial score (nSPS) is 27.8. The number of amides is 3. The van der Waals surface area contributed by atoms with Crippen molar-refractivity contribution in [2.45, 2.75) is 57.2 Å². The number of para-hydroxylation sites is 1.